The predicted molar refractivity (Wildman–Crippen MR) is 172 cm³/mol. The fourth-order valence-electron chi connectivity index (χ4n) is 4.50. The number of nitrogens with zero attached hydrogens (tertiary/aromatic N) is 2. The zero-order valence-corrected chi connectivity index (χ0v) is 28.3. The average molecular weight is 720 g/mol. The smallest absolute Gasteiger partial charge is 0.359 e. The molecule has 0 bridgehead atoms. The van der Waals surface area contributed by atoms with E-state index in [1.54, 1.807) is 37.3 Å². The molecule has 3 aromatic rings. The molecule has 1 N–H and O–H groups in total. The maximum atomic E-state index is 14.2. The first kappa shape index (κ1) is 35.9. The van der Waals surface area contributed by atoms with Crippen molar-refractivity contribution < 1.29 is 49.8 Å². The summed E-state index contributed by atoms with van der Waals surface area (Å²) >= 11 is 0. The highest BCUT2D eigenvalue weighted by atomic mass is 33.1. The highest BCUT2D eigenvalue weighted by Gasteiger charge is 2.68. The SMILES string of the molecule is CC(=O)N[C@@]1(Oc2ccccc2)C(=O)N(C(C(=O)OCc2ccc([N+](=O)[O-])cc2)=C(C)OS(C)(=O)=O)[C@@H]1SS(=O)(=O)c1ccc(C)cc1. The summed E-state index contributed by atoms with van der Waals surface area (Å²) in [6, 6.07) is 18.4. The van der Waals surface area contributed by atoms with E-state index in [0.717, 1.165) is 19.4 Å². The number of carbonyl (C=O) groups is 3. The number of β-lactam (4-membered cyclic amide) rings is 1. The van der Waals surface area contributed by atoms with Crippen molar-refractivity contribution in [1.82, 2.24) is 10.2 Å². The molecule has 2 amide bonds. The molecule has 4 rings (SSSR count). The van der Waals surface area contributed by atoms with Crippen LogP contribution in [0.15, 0.2) is 95.2 Å². The number of aryl methyl sites for hydroxylation is 1. The Morgan fingerprint density at radius 2 is 1.58 bits per heavy atom. The Kier molecular flexibility index (Phi) is 10.5. The lowest BCUT2D eigenvalue weighted by Crippen LogP contribution is -2.81. The molecule has 3 aromatic carbocycles. The standard InChI is InChI=1S/C30H29N3O12S3/c1-19-10-16-25(17-11-19)48(41,42)46-29-30(31-21(3)34,44-24-8-6-5-7-9-24)28(36)32(29)26(20(2)45-47(4,39)40)27(35)43-18-22-12-14-23(15-13-22)33(37)38/h5-17,29H,18H2,1-4H3,(H,31,34)/t29-,30-/m1/s1. The number of esters is 1. The molecule has 18 heteroatoms. The second-order valence-electron chi connectivity index (χ2n) is 10.4. The van der Waals surface area contributed by atoms with Crippen LogP contribution in [-0.4, -0.2) is 61.8 Å². The molecule has 0 aliphatic carbocycles. The Balaban J connectivity index is 1.83. The van der Waals surface area contributed by atoms with Crippen LogP contribution in [0.3, 0.4) is 0 Å². The van der Waals surface area contributed by atoms with Gasteiger partial charge >= 0.3 is 16.1 Å². The maximum absolute atomic E-state index is 14.2. The monoisotopic (exact) mass is 719 g/mol. The van der Waals surface area contributed by atoms with Crippen molar-refractivity contribution in [3.63, 3.8) is 0 Å². The van der Waals surface area contributed by atoms with E-state index >= 15 is 0 Å². The summed E-state index contributed by atoms with van der Waals surface area (Å²) in [6.45, 7) is 3.36. The molecule has 254 valence electrons. The summed E-state index contributed by atoms with van der Waals surface area (Å²) in [6.07, 6.45) is 0.683. The highest BCUT2D eigenvalue weighted by Crippen LogP contribution is 2.47. The second-order valence-corrected chi connectivity index (χ2v) is 15.9. The van der Waals surface area contributed by atoms with E-state index in [0.29, 0.717) is 11.2 Å². The molecule has 2 atom stereocenters. The topological polar surface area (TPSA) is 206 Å². The minimum absolute atomic E-state index is 0.0490. The van der Waals surface area contributed by atoms with E-state index in [4.69, 9.17) is 13.7 Å². The number of benzene rings is 3. The van der Waals surface area contributed by atoms with E-state index in [-0.39, 0.29) is 32.7 Å². The van der Waals surface area contributed by atoms with Crippen LogP contribution in [0.4, 0.5) is 5.69 Å². The molecular formula is C30H29N3O12S3. The third-order valence-electron chi connectivity index (χ3n) is 6.59. The van der Waals surface area contributed by atoms with Crippen LogP contribution in [0.2, 0.25) is 0 Å². The summed E-state index contributed by atoms with van der Waals surface area (Å²) in [5.74, 6) is -3.89. The molecule has 0 saturated carbocycles. The summed E-state index contributed by atoms with van der Waals surface area (Å²) in [4.78, 5) is 51.1. The first-order valence-corrected chi connectivity index (χ1v) is 18.5. The highest BCUT2D eigenvalue weighted by molar-refractivity contribution is 8.72. The number of carbonyl (C=O) groups excluding carboxylic acids is 3. The van der Waals surface area contributed by atoms with Crippen LogP contribution in [0.1, 0.15) is 25.0 Å². The number of non-ortho nitro benzene ring substituents is 1. The van der Waals surface area contributed by atoms with Crippen LogP contribution in [0.5, 0.6) is 5.75 Å². The molecule has 1 heterocycles. The number of ether oxygens (including phenoxy) is 2. The van der Waals surface area contributed by atoms with Gasteiger partial charge in [0.15, 0.2) is 11.1 Å². The largest absolute Gasteiger partial charge is 0.456 e. The molecule has 0 spiro atoms. The Labute approximate surface area is 279 Å². The van der Waals surface area contributed by atoms with Gasteiger partial charge in [0.1, 0.15) is 18.1 Å². The third kappa shape index (κ3) is 8.12. The summed E-state index contributed by atoms with van der Waals surface area (Å²) in [5.41, 5.74) is -2.41. The number of para-hydroxylation sites is 1. The molecule has 0 radical (unpaired) electrons. The van der Waals surface area contributed by atoms with Gasteiger partial charge < -0.3 is 19.0 Å². The van der Waals surface area contributed by atoms with Gasteiger partial charge in [-0.15, -0.1) is 0 Å². The fraction of sp³-hybridized carbons (Fsp3) is 0.233. The molecule has 0 unspecified atom stereocenters. The van der Waals surface area contributed by atoms with Gasteiger partial charge in [-0.1, -0.05) is 35.9 Å². The number of rotatable bonds is 13. The van der Waals surface area contributed by atoms with Gasteiger partial charge in [-0.05, 0) is 55.8 Å². The van der Waals surface area contributed by atoms with E-state index in [9.17, 15) is 41.3 Å². The minimum Gasteiger partial charge on any atom is -0.456 e. The average Bonchev–Trinajstić information content (AvgIpc) is 3.01. The second kappa shape index (κ2) is 14.0. The van der Waals surface area contributed by atoms with Crippen molar-refractivity contribution in [2.45, 2.75) is 43.4 Å². The van der Waals surface area contributed by atoms with E-state index in [1.807, 2.05) is 0 Å². The normalized spacial score (nSPS) is 18.2. The van der Waals surface area contributed by atoms with E-state index < -0.39 is 70.9 Å². The molecule has 1 saturated heterocycles. The van der Waals surface area contributed by atoms with E-state index in [1.165, 1.54) is 48.5 Å². The van der Waals surface area contributed by atoms with Crippen molar-refractivity contribution in [3.05, 3.63) is 112 Å². The lowest BCUT2D eigenvalue weighted by atomic mass is 9.99. The third-order valence-corrected chi connectivity index (χ3v) is 10.9. The Morgan fingerprint density at radius 3 is 2.12 bits per heavy atom. The quantitative estimate of drug-likeness (QED) is 0.0310. The molecule has 15 nitrogen and oxygen atoms in total. The van der Waals surface area contributed by atoms with Crippen LogP contribution in [0.25, 0.3) is 0 Å². The molecule has 1 aliphatic rings. The van der Waals surface area contributed by atoms with Crippen molar-refractivity contribution in [3.8, 4) is 5.75 Å². The number of hydrogen-bond donors (Lipinski definition) is 1. The van der Waals surface area contributed by atoms with Crippen LogP contribution in [0, 0.1) is 17.0 Å². The first-order valence-electron chi connectivity index (χ1n) is 13.8. The van der Waals surface area contributed by atoms with Crippen molar-refractivity contribution in [1.29, 1.82) is 0 Å². The number of nitrogens with one attached hydrogen (secondary N) is 1. The van der Waals surface area contributed by atoms with Crippen LogP contribution >= 0.6 is 10.8 Å². The van der Waals surface area contributed by atoms with Gasteiger partial charge in [-0.2, -0.15) is 8.42 Å². The van der Waals surface area contributed by atoms with Gasteiger partial charge in [0.05, 0.1) is 16.1 Å². The number of amides is 2. The zero-order chi connectivity index (χ0) is 35.4. The van der Waals surface area contributed by atoms with Crippen LogP contribution in [-0.2, 0) is 48.9 Å². The minimum atomic E-state index is -4.38. The van der Waals surface area contributed by atoms with Gasteiger partial charge in [-0.3, -0.25) is 24.6 Å². The Hall–Kier alpha value is -4.94. The first-order chi connectivity index (χ1) is 22.4. The van der Waals surface area contributed by atoms with Crippen LogP contribution < -0.4 is 10.1 Å². The Morgan fingerprint density at radius 1 is 0.979 bits per heavy atom. The lowest BCUT2D eigenvalue weighted by molar-refractivity contribution is -0.384. The number of nitro groups is 1. The van der Waals surface area contributed by atoms with Gasteiger partial charge in [0.25, 0.3) is 17.3 Å². The van der Waals surface area contributed by atoms with Crippen molar-refractivity contribution in [2.75, 3.05) is 6.26 Å². The summed E-state index contributed by atoms with van der Waals surface area (Å²) in [5, 5.41) is 11.6. The number of hydrogen-bond acceptors (Lipinski definition) is 13. The number of likely N-dealkylation sites (tertiary alicyclic amines) is 1. The fourth-order valence-corrected chi connectivity index (χ4v) is 8.53. The number of allylic oxidation sites excluding steroid dienone is 1. The van der Waals surface area contributed by atoms with E-state index in [2.05, 4.69) is 5.32 Å². The van der Waals surface area contributed by atoms with Crippen molar-refractivity contribution in [2.24, 2.45) is 0 Å². The molecule has 48 heavy (non-hydrogen) atoms. The molecule has 1 fully saturated rings. The molecular weight excluding hydrogens is 691 g/mol. The lowest BCUT2D eigenvalue weighted by Gasteiger charge is -2.53. The maximum Gasteiger partial charge on any atom is 0.359 e. The van der Waals surface area contributed by atoms with Gasteiger partial charge in [-0.25, -0.2) is 13.2 Å². The van der Waals surface area contributed by atoms with Crippen molar-refractivity contribution >= 4 is 53.3 Å². The number of nitro benzene ring substituents is 1. The predicted octanol–water partition coefficient (Wildman–Crippen LogP) is 3.36. The summed E-state index contributed by atoms with van der Waals surface area (Å²) in [7, 11) is -8.53. The van der Waals surface area contributed by atoms with Gasteiger partial charge in [0.2, 0.25) is 14.8 Å². The van der Waals surface area contributed by atoms with Gasteiger partial charge in [0, 0.05) is 29.9 Å². The molecule has 0 aromatic heterocycles. The summed E-state index contributed by atoms with van der Waals surface area (Å²) < 4.78 is 68.1. The Bertz CT molecular complexity index is 1980. The molecule has 1 aliphatic heterocycles. The zero-order valence-electron chi connectivity index (χ0n) is 25.8.